The van der Waals surface area contributed by atoms with E-state index in [9.17, 15) is 9.90 Å². The highest BCUT2D eigenvalue weighted by Crippen LogP contribution is 2.28. The van der Waals surface area contributed by atoms with Crippen LogP contribution >= 0.6 is 0 Å². The van der Waals surface area contributed by atoms with E-state index in [1.54, 1.807) is 7.11 Å². The van der Waals surface area contributed by atoms with Crippen LogP contribution in [-0.4, -0.2) is 30.8 Å². The van der Waals surface area contributed by atoms with Crippen LogP contribution in [0.4, 0.5) is 4.79 Å². The van der Waals surface area contributed by atoms with Crippen LogP contribution in [0.3, 0.4) is 0 Å². The average Bonchev–Trinajstić information content (AvgIpc) is 2.88. The van der Waals surface area contributed by atoms with Crippen LogP contribution in [0.5, 0.6) is 5.75 Å². The first kappa shape index (κ1) is 18.3. The molecule has 0 aliphatic heterocycles. The van der Waals surface area contributed by atoms with Gasteiger partial charge >= 0.3 is 6.03 Å². The van der Waals surface area contributed by atoms with Crippen molar-refractivity contribution in [1.29, 1.82) is 0 Å². The molecule has 0 fully saturated rings. The summed E-state index contributed by atoms with van der Waals surface area (Å²) in [5, 5.41) is 16.0. The third-order valence-corrected chi connectivity index (χ3v) is 4.87. The summed E-state index contributed by atoms with van der Waals surface area (Å²) in [5.74, 6) is 0.929. The van der Waals surface area contributed by atoms with Gasteiger partial charge in [0.1, 0.15) is 5.75 Å². The van der Waals surface area contributed by atoms with Crippen molar-refractivity contribution in [3.05, 3.63) is 65.2 Å². The SMILES string of the molecule is COc1cccc2c1CCCC(NC(=O)NCC(O)c1ccccc1)C2. The minimum Gasteiger partial charge on any atom is -0.496 e. The van der Waals surface area contributed by atoms with E-state index in [2.05, 4.69) is 16.7 Å². The van der Waals surface area contributed by atoms with Gasteiger partial charge in [0.25, 0.3) is 0 Å². The van der Waals surface area contributed by atoms with Crippen LogP contribution in [-0.2, 0) is 12.8 Å². The van der Waals surface area contributed by atoms with Gasteiger partial charge in [-0.2, -0.15) is 0 Å². The fourth-order valence-corrected chi connectivity index (χ4v) is 3.51. The monoisotopic (exact) mass is 354 g/mol. The maximum Gasteiger partial charge on any atom is 0.315 e. The number of hydrogen-bond donors (Lipinski definition) is 3. The van der Waals surface area contributed by atoms with Gasteiger partial charge < -0.3 is 20.5 Å². The molecule has 0 saturated carbocycles. The summed E-state index contributed by atoms with van der Waals surface area (Å²) in [5.41, 5.74) is 3.28. The number of aliphatic hydroxyl groups is 1. The van der Waals surface area contributed by atoms with Crippen molar-refractivity contribution >= 4 is 6.03 Å². The lowest BCUT2D eigenvalue weighted by molar-refractivity contribution is 0.172. The Balaban J connectivity index is 1.54. The maximum atomic E-state index is 12.2. The summed E-state index contributed by atoms with van der Waals surface area (Å²) in [4.78, 5) is 12.2. The van der Waals surface area contributed by atoms with E-state index in [-0.39, 0.29) is 18.6 Å². The third-order valence-electron chi connectivity index (χ3n) is 4.87. The van der Waals surface area contributed by atoms with Gasteiger partial charge in [0.2, 0.25) is 0 Å². The minimum absolute atomic E-state index is 0.0808. The first-order valence-electron chi connectivity index (χ1n) is 9.09. The molecule has 138 valence electrons. The molecule has 5 nitrogen and oxygen atoms in total. The van der Waals surface area contributed by atoms with Gasteiger partial charge in [-0.05, 0) is 48.4 Å². The number of rotatable bonds is 5. The number of hydrogen-bond acceptors (Lipinski definition) is 3. The van der Waals surface area contributed by atoms with E-state index >= 15 is 0 Å². The van der Waals surface area contributed by atoms with E-state index in [0.29, 0.717) is 0 Å². The lowest BCUT2D eigenvalue weighted by Gasteiger charge is -2.19. The summed E-state index contributed by atoms with van der Waals surface area (Å²) in [7, 11) is 1.70. The molecule has 3 rings (SSSR count). The number of carbonyl (C=O) groups excluding carboxylic acids is 1. The number of aliphatic hydroxyl groups excluding tert-OH is 1. The first-order valence-corrected chi connectivity index (χ1v) is 9.09. The standard InChI is InChI=1S/C21H26N2O3/c1-26-20-12-5-9-16-13-17(10-6-11-18(16)20)23-21(25)22-14-19(24)15-7-3-2-4-8-15/h2-5,7-9,12,17,19,24H,6,10-11,13-14H2,1H3,(H2,22,23,25). The Morgan fingerprint density at radius 3 is 2.81 bits per heavy atom. The number of amides is 2. The molecule has 2 unspecified atom stereocenters. The maximum absolute atomic E-state index is 12.2. The molecule has 2 aromatic rings. The average molecular weight is 354 g/mol. The number of benzene rings is 2. The summed E-state index contributed by atoms with van der Waals surface area (Å²) in [6.07, 6.45) is 2.98. The molecule has 2 atom stereocenters. The van der Waals surface area contributed by atoms with Gasteiger partial charge in [-0.3, -0.25) is 0 Å². The van der Waals surface area contributed by atoms with Crippen LogP contribution in [0.2, 0.25) is 0 Å². The topological polar surface area (TPSA) is 70.6 Å². The molecule has 1 aliphatic carbocycles. The van der Waals surface area contributed by atoms with Crippen molar-refractivity contribution in [1.82, 2.24) is 10.6 Å². The quantitative estimate of drug-likeness (QED) is 0.723. The molecule has 2 amide bonds. The normalized spacial score (nSPS) is 17.5. The van der Waals surface area contributed by atoms with Crippen LogP contribution < -0.4 is 15.4 Å². The zero-order valence-electron chi connectivity index (χ0n) is 15.1. The molecule has 0 spiro atoms. The van der Waals surface area contributed by atoms with Crippen molar-refractivity contribution in [3.63, 3.8) is 0 Å². The van der Waals surface area contributed by atoms with E-state index in [4.69, 9.17) is 4.74 Å². The molecule has 0 aromatic heterocycles. The molecule has 26 heavy (non-hydrogen) atoms. The number of nitrogens with one attached hydrogen (secondary N) is 2. The van der Waals surface area contributed by atoms with E-state index in [1.165, 1.54) is 11.1 Å². The fraction of sp³-hybridized carbons (Fsp3) is 0.381. The highest BCUT2D eigenvalue weighted by molar-refractivity contribution is 5.74. The Morgan fingerprint density at radius 1 is 1.23 bits per heavy atom. The summed E-state index contributed by atoms with van der Waals surface area (Å²) < 4.78 is 5.46. The van der Waals surface area contributed by atoms with E-state index in [0.717, 1.165) is 37.0 Å². The molecule has 0 heterocycles. The summed E-state index contributed by atoms with van der Waals surface area (Å²) in [6.45, 7) is 0.187. The zero-order chi connectivity index (χ0) is 18.4. The largest absolute Gasteiger partial charge is 0.496 e. The molecule has 0 bridgehead atoms. The molecule has 3 N–H and O–H groups in total. The highest BCUT2D eigenvalue weighted by Gasteiger charge is 2.20. The van der Waals surface area contributed by atoms with Crippen LogP contribution in [0.15, 0.2) is 48.5 Å². The lowest BCUT2D eigenvalue weighted by atomic mass is 10.0. The minimum atomic E-state index is -0.707. The highest BCUT2D eigenvalue weighted by atomic mass is 16.5. The van der Waals surface area contributed by atoms with Crippen molar-refractivity contribution in [2.75, 3.05) is 13.7 Å². The van der Waals surface area contributed by atoms with Crippen molar-refractivity contribution in [3.8, 4) is 5.75 Å². The lowest BCUT2D eigenvalue weighted by Crippen LogP contribution is -2.44. The number of methoxy groups -OCH3 is 1. The second-order valence-corrected chi connectivity index (χ2v) is 6.67. The van der Waals surface area contributed by atoms with Crippen molar-refractivity contribution in [2.45, 2.75) is 37.8 Å². The Hall–Kier alpha value is -2.53. The molecule has 0 saturated heterocycles. The Bertz CT molecular complexity index is 733. The fourth-order valence-electron chi connectivity index (χ4n) is 3.51. The van der Waals surface area contributed by atoms with Crippen LogP contribution in [0, 0.1) is 0 Å². The zero-order valence-corrected chi connectivity index (χ0v) is 15.1. The second-order valence-electron chi connectivity index (χ2n) is 6.67. The number of ether oxygens (including phenoxy) is 1. The van der Waals surface area contributed by atoms with E-state index in [1.807, 2.05) is 42.5 Å². The predicted octanol–water partition coefficient (Wildman–Crippen LogP) is 2.98. The molecule has 2 aromatic carbocycles. The third kappa shape index (κ3) is 4.55. The van der Waals surface area contributed by atoms with Gasteiger partial charge in [-0.25, -0.2) is 4.79 Å². The van der Waals surface area contributed by atoms with E-state index < -0.39 is 6.10 Å². The summed E-state index contributed by atoms with van der Waals surface area (Å²) >= 11 is 0. The molecular weight excluding hydrogens is 328 g/mol. The van der Waals surface area contributed by atoms with Gasteiger partial charge in [-0.1, -0.05) is 42.5 Å². The second kappa shape index (κ2) is 8.72. The van der Waals surface area contributed by atoms with Crippen molar-refractivity contribution in [2.24, 2.45) is 0 Å². The molecule has 0 radical (unpaired) electrons. The smallest absolute Gasteiger partial charge is 0.315 e. The van der Waals surface area contributed by atoms with Gasteiger partial charge in [0.15, 0.2) is 0 Å². The summed E-state index contributed by atoms with van der Waals surface area (Å²) in [6, 6.07) is 15.3. The number of carbonyl (C=O) groups is 1. The molecular formula is C21H26N2O3. The number of urea groups is 1. The van der Waals surface area contributed by atoms with Gasteiger partial charge in [0, 0.05) is 12.6 Å². The molecule has 1 aliphatic rings. The Kier molecular flexibility index (Phi) is 6.12. The number of fused-ring (bicyclic) bond motifs is 1. The predicted molar refractivity (Wildman–Crippen MR) is 101 cm³/mol. The first-order chi connectivity index (χ1) is 12.7. The van der Waals surface area contributed by atoms with Gasteiger partial charge in [0.05, 0.1) is 13.2 Å². The Morgan fingerprint density at radius 2 is 2.04 bits per heavy atom. The van der Waals surface area contributed by atoms with Gasteiger partial charge in [-0.15, -0.1) is 0 Å². The Labute approximate surface area is 154 Å². The van der Waals surface area contributed by atoms with Crippen LogP contribution in [0.1, 0.15) is 35.6 Å². The van der Waals surface area contributed by atoms with Crippen molar-refractivity contribution < 1.29 is 14.6 Å². The molecule has 5 heteroatoms. The van der Waals surface area contributed by atoms with Crippen LogP contribution in [0.25, 0.3) is 0 Å².